The number of rotatable bonds is 5. The Kier molecular flexibility index (Phi) is 6.03. The molecule has 0 atom stereocenters. The first-order valence-corrected chi connectivity index (χ1v) is 11.9. The summed E-state index contributed by atoms with van der Waals surface area (Å²) in [6.07, 6.45) is -2.45. The van der Waals surface area contributed by atoms with Crippen LogP contribution in [0.5, 0.6) is 0 Å². The molecule has 3 nitrogen and oxygen atoms in total. The smallest absolute Gasteiger partial charge is 0.403 e. The van der Waals surface area contributed by atoms with Gasteiger partial charge in [-0.15, -0.1) is 0 Å². The number of nitrogens with zero attached hydrogens (tertiary/aromatic N) is 2. The van der Waals surface area contributed by atoms with Gasteiger partial charge in [0.1, 0.15) is 0 Å². The Morgan fingerprint density at radius 1 is 0.806 bits per heavy atom. The fourth-order valence-electron chi connectivity index (χ4n) is 4.62. The molecule has 4 aromatic rings. The Morgan fingerprint density at radius 2 is 1.39 bits per heavy atom. The first kappa shape index (κ1) is 24.0. The highest BCUT2D eigenvalue weighted by molar-refractivity contribution is 6.80. The van der Waals surface area contributed by atoms with E-state index >= 15 is 0 Å². The van der Waals surface area contributed by atoms with E-state index in [4.69, 9.17) is 0 Å². The minimum Gasteiger partial charge on any atom is -0.403 e. The molecular formula is C29H27BF3N3. The van der Waals surface area contributed by atoms with Crippen LogP contribution in [0.15, 0.2) is 91.1 Å². The zero-order valence-electron chi connectivity index (χ0n) is 20.5. The molecule has 0 saturated carbocycles. The normalized spacial score (nSPS) is 13.5. The molecule has 2 heterocycles. The van der Waals surface area contributed by atoms with Crippen LogP contribution in [0.1, 0.15) is 19.4 Å². The van der Waals surface area contributed by atoms with E-state index in [2.05, 4.69) is 52.4 Å². The van der Waals surface area contributed by atoms with Gasteiger partial charge in [0.15, 0.2) is 0 Å². The lowest BCUT2D eigenvalue weighted by molar-refractivity contribution is -0.211. The van der Waals surface area contributed by atoms with Gasteiger partial charge < -0.3 is 10.0 Å². The predicted octanol–water partition coefficient (Wildman–Crippen LogP) is 6.80. The number of fused-ring (bicyclic) bond motifs is 1. The van der Waals surface area contributed by atoms with Gasteiger partial charge in [0.2, 0.25) is 0 Å². The van der Waals surface area contributed by atoms with Crippen LogP contribution in [0.3, 0.4) is 0 Å². The van der Waals surface area contributed by atoms with Crippen molar-refractivity contribution in [2.24, 2.45) is 5.41 Å². The SMILES string of the molecule is CN1B(c2cc(-c3ccc(-c4ccc(CC(C)(C)C(F)(F)F)cc4)cc3)ccn2)Nc2ccccc21. The number of aromatic nitrogens is 1. The second-order valence-corrected chi connectivity index (χ2v) is 9.98. The lowest BCUT2D eigenvalue weighted by Crippen LogP contribution is -2.50. The van der Waals surface area contributed by atoms with Gasteiger partial charge in [-0.25, -0.2) is 0 Å². The van der Waals surface area contributed by atoms with Crippen LogP contribution >= 0.6 is 0 Å². The number of hydrogen-bond donors (Lipinski definition) is 1. The van der Waals surface area contributed by atoms with Gasteiger partial charge in [-0.1, -0.05) is 74.5 Å². The topological polar surface area (TPSA) is 28.2 Å². The van der Waals surface area contributed by atoms with Crippen molar-refractivity contribution in [2.75, 3.05) is 17.1 Å². The third-order valence-corrected chi connectivity index (χ3v) is 6.94. The summed E-state index contributed by atoms with van der Waals surface area (Å²) in [7, 11) is 2.06. The fourth-order valence-corrected chi connectivity index (χ4v) is 4.62. The number of anilines is 2. The summed E-state index contributed by atoms with van der Waals surface area (Å²) in [4.78, 5) is 6.80. The highest BCUT2D eigenvalue weighted by Crippen LogP contribution is 2.40. The molecule has 36 heavy (non-hydrogen) atoms. The Bertz CT molecular complexity index is 1370. The van der Waals surface area contributed by atoms with E-state index in [1.165, 1.54) is 13.8 Å². The summed E-state index contributed by atoms with van der Waals surface area (Å²) in [5, 5.41) is 3.54. The van der Waals surface area contributed by atoms with Crippen LogP contribution in [-0.4, -0.2) is 25.2 Å². The highest BCUT2D eigenvalue weighted by atomic mass is 19.4. The van der Waals surface area contributed by atoms with Gasteiger partial charge in [0.25, 0.3) is 0 Å². The highest BCUT2D eigenvalue weighted by Gasteiger charge is 2.46. The minimum atomic E-state index is -4.23. The molecule has 7 heteroatoms. The molecule has 1 aliphatic rings. The molecule has 1 aromatic heterocycles. The second-order valence-electron chi connectivity index (χ2n) is 9.98. The third kappa shape index (κ3) is 4.58. The van der Waals surface area contributed by atoms with E-state index in [1.807, 2.05) is 48.7 Å². The fraction of sp³-hybridized carbons (Fsp3) is 0.207. The summed E-state index contributed by atoms with van der Waals surface area (Å²) < 4.78 is 39.7. The van der Waals surface area contributed by atoms with Gasteiger partial charge in [0.05, 0.1) is 11.0 Å². The number of hydrogen-bond acceptors (Lipinski definition) is 3. The molecular weight excluding hydrogens is 458 g/mol. The average molecular weight is 485 g/mol. The zero-order valence-corrected chi connectivity index (χ0v) is 20.5. The van der Waals surface area contributed by atoms with Crippen LogP contribution < -0.4 is 15.6 Å². The summed E-state index contributed by atoms with van der Waals surface area (Å²) >= 11 is 0. The summed E-state index contributed by atoms with van der Waals surface area (Å²) in [5.74, 6) is 0. The molecule has 1 aliphatic heterocycles. The van der Waals surface area contributed by atoms with Gasteiger partial charge >= 0.3 is 13.2 Å². The van der Waals surface area contributed by atoms with E-state index in [9.17, 15) is 13.2 Å². The van der Waals surface area contributed by atoms with Crippen molar-refractivity contribution in [3.63, 3.8) is 0 Å². The summed E-state index contributed by atoms with van der Waals surface area (Å²) in [5.41, 5.74) is 6.23. The first-order valence-electron chi connectivity index (χ1n) is 11.9. The van der Waals surface area contributed by atoms with Crippen molar-refractivity contribution in [1.82, 2.24) is 4.98 Å². The van der Waals surface area contributed by atoms with E-state index < -0.39 is 11.6 Å². The minimum absolute atomic E-state index is 0.0394. The standard InChI is InChI=1S/C29H27BF3N3/c1-28(2,29(31,32)33)19-20-8-10-21(11-9-20)22-12-14-23(15-13-22)24-16-17-34-27(18-24)30-35-25-6-4-5-7-26(25)36(30)3/h4-18,35H,19H2,1-3H3. The van der Waals surface area contributed by atoms with Crippen molar-refractivity contribution in [1.29, 1.82) is 0 Å². The van der Waals surface area contributed by atoms with E-state index in [-0.39, 0.29) is 13.4 Å². The first-order chi connectivity index (χ1) is 17.1. The number of alkyl halides is 3. The van der Waals surface area contributed by atoms with Crippen molar-refractivity contribution >= 4 is 24.0 Å². The van der Waals surface area contributed by atoms with Crippen molar-refractivity contribution in [3.05, 3.63) is 96.7 Å². The molecule has 1 N–H and O–H groups in total. The monoisotopic (exact) mass is 485 g/mol. The molecule has 5 rings (SSSR count). The average Bonchev–Trinajstić information content (AvgIpc) is 3.20. The number of para-hydroxylation sites is 2. The quantitative estimate of drug-likeness (QED) is 0.315. The van der Waals surface area contributed by atoms with E-state index in [0.29, 0.717) is 5.56 Å². The largest absolute Gasteiger partial charge is 0.428 e. The molecule has 0 bridgehead atoms. The molecule has 0 fully saturated rings. The van der Waals surface area contributed by atoms with E-state index in [1.54, 1.807) is 12.1 Å². The number of benzene rings is 3. The maximum absolute atomic E-state index is 13.2. The molecule has 0 amide bonds. The number of pyridine rings is 1. The van der Waals surface area contributed by atoms with Crippen LogP contribution in [-0.2, 0) is 6.42 Å². The van der Waals surface area contributed by atoms with Crippen LogP contribution in [0.4, 0.5) is 24.5 Å². The number of halogens is 3. The van der Waals surface area contributed by atoms with Gasteiger partial charge in [-0.2, -0.15) is 13.2 Å². The predicted molar refractivity (Wildman–Crippen MR) is 143 cm³/mol. The Balaban J connectivity index is 1.32. The molecule has 0 aliphatic carbocycles. The molecule has 182 valence electrons. The third-order valence-electron chi connectivity index (χ3n) is 6.94. The lowest BCUT2D eigenvalue weighted by atomic mass is 9.71. The van der Waals surface area contributed by atoms with Crippen molar-refractivity contribution in [2.45, 2.75) is 26.4 Å². The van der Waals surface area contributed by atoms with Crippen molar-refractivity contribution < 1.29 is 13.2 Å². The zero-order chi connectivity index (χ0) is 25.5. The van der Waals surface area contributed by atoms with Gasteiger partial charge in [-0.05, 0) is 65.6 Å². The summed E-state index contributed by atoms with van der Waals surface area (Å²) in [6.45, 7) is 2.44. The van der Waals surface area contributed by atoms with Gasteiger partial charge in [0, 0.05) is 17.6 Å². The lowest BCUT2D eigenvalue weighted by Gasteiger charge is -2.27. The molecule has 0 radical (unpaired) electrons. The Morgan fingerprint density at radius 3 is 2.00 bits per heavy atom. The van der Waals surface area contributed by atoms with Gasteiger partial charge in [-0.3, -0.25) is 4.98 Å². The molecule has 0 spiro atoms. The second kappa shape index (κ2) is 9.05. The van der Waals surface area contributed by atoms with Crippen LogP contribution in [0, 0.1) is 5.41 Å². The van der Waals surface area contributed by atoms with Crippen molar-refractivity contribution in [3.8, 4) is 22.3 Å². The Hall–Kier alpha value is -3.74. The Labute approximate surface area is 210 Å². The summed E-state index contributed by atoms with van der Waals surface area (Å²) in [6, 6.07) is 27.9. The molecule has 0 saturated heterocycles. The van der Waals surface area contributed by atoms with Crippen LogP contribution in [0.2, 0.25) is 0 Å². The molecule has 3 aromatic carbocycles. The maximum atomic E-state index is 13.2. The van der Waals surface area contributed by atoms with Crippen LogP contribution in [0.25, 0.3) is 22.3 Å². The maximum Gasteiger partial charge on any atom is 0.428 e. The molecule has 0 unspecified atom stereocenters. The number of nitrogens with one attached hydrogen (secondary N) is 1. The van der Waals surface area contributed by atoms with E-state index in [0.717, 1.165) is 39.2 Å².